The van der Waals surface area contributed by atoms with Crippen LogP contribution in [-0.4, -0.2) is 64.5 Å². The predicted octanol–water partition coefficient (Wildman–Crippen LogP) is 2.35. The molecule has 0 unspecified atom stereocenters. The fourth-order valence-electron chi connectivity index (χ4n) is 5.38. The van der Waals surface area contributed by atoms with Crippen molar-refractivity contribution in [1.82, 2.24) is 19.8 Å². The second-order valence-electron chi connectivity index (χ2n) is 9.47. The van der Waals surface area contributed by atoms with Crippen molar-refractivity contribution in [2.75, 3.05) is 31.2 Å². The number of piperidine rings is 1. The fourth-order valence-corrected chi connectivity index (χ4v) is 5.38. The number of carbonyl (C=O) groups is 3. The van der Waals surface area contributed by atoms with Crippen LogP contribution in [0, 0.1) is 0 Å². The molecule has 2 fully saturated rings. The van der Waals surface area contributed by atoms with E-state index in [9.17, 15) is 14.4 Å². The first-order chi connectivity index (χ1) is 17.5. The van der Waals surface area contributed by atoms with Crippen LogP contribution in [0.5, 0.6) is 0 Å². The summed E-state index contributed by atoms with van der Waals surface area (Å²) >= 11 is 0. The number of hydrogen-bond donors (Lipinski definition) is 1. The summed E-state index contributed by atoms with van der Waals surface area (Å²) in [7, 11) is 1.98. The molecule has 184 valence electrons. The van der Waals surface area contributed by atoms with Gasteiger partial charge >= 0.3 is 0 Å². The zero-order valence-corrected chi connectivity index (χ0v) is 20.1. The van der Waals surface area contributed by atoms with E-state index >= 15 is 0 Å². The van der Waals surface area contributed by atoms with Crippen molar-refractivity contribution in [2.45, 2.75) is 25.4 Å². The zero-order valence-electron chi connectivity index (χ0n) is 20.1. The average molecular weight is 486 g/mol. The number of fused-ring (bicyclic) bond motifs is 1. The summed E-state index contributed by atoms with van der Waals surface area (Å²) in [6.45, 7) is 3.52. The number of hydrogen-bond acceptors (Lipinski definition) is 6. The van der Waals surface area contributed by atoms with Crippen LogP contribution in [0.3, 0.4) is 0 Å². The number of aryl methyl sites for hydroxylation is 1. The molecule has 9 heteroatoms. The topological polar surface area (TPSA) is 96.8 Å². The van der Waals surface area contributed by atoms with E-state index in [0.29, 0.717) is 18.5 Å². The lowest BCUT2D eigenvalue weighted by Crippen LogP contribution is -2.52. The third-order valence-corrected chi connectivity index (χ3v) is 7.23. The van der Waals surface area contributed by atoms with Crippen molar-refractivity contribution >= 4 is 23.4 Å². The summed E-state index contributed by atoms with van der Waals surface area (Å²) in [6, 6.07) is 13.6. The largest absolute Gasteiger partial charge is 0.378 e. The summed E-state index contributed by atoms with van der Waals surface area (Å²) in [4.78, 5) is 45.6. The highest BCUT2D eigenvalue weighted by molar-refractivity contribution is 6.05. The Hall–Kier alpha value is -3.98. The number of anilines is 1. The van der Waals surface area contributed by atoms with Gasteiger partial charge in [0.25, 0.3) is 5.91 Å². The number of imidazole rings is 1. The maximum atomic E-state index is 13.1. The summed E-state index contributed by atoms with van der Waals surface area (Å²) in [5.74, 6) is -0.867. The summed E-state index contributed by atoms with van der Waals surface area (Å²) in [5, 5.41) is 2.35. The molecule has 1 aromatic heterocycles. The van der Waals surface area contributed by atoms with Gasteiger partial charge in [-0.05, 0) is 36.2 Å². The maximum absolute atomic E-state index is 13.1. The number of nitrogens with zero attached hydrogens (tertiary/aromatic N) is 4. The third-order valence-electron chi connectivity index (χ3n) is 7.23. The number of imide groups is 1. The predicted molar refractivity (Wildman–Crippen MR) is 133 cm³/mol. The number of morpholine rings is 1. The van der Waals surface area contributed by atoms with Crippen LogP contribution in [0.25, 0.3) is 22.5 Å². The lowest BCUT2D eigenvalue weighted by Gasteiger charge is -2.29. The zero-order chi connectivity index (χ0) is 24.8. The fraction of sp³-hybridized carbons (Fsp3) is 0.333. The molecule has 4 heterocycles. The average Bonchev–Trinajstić information content (AvgIpc) is 3.44. The van der Waals surface area contributed by atoms with Gasteiger partial charge in [0.2, 0.25) is 11.8 Å². The summed E-state index contributed by atoms with van der Waals surface area (Å²) in [6.07, 6.45) is 2.39. The molecule has 3 amide bonds. The Morgan fingerprint density at radius 2 is 1.86 bits per heavy atom. The highest BCUT2D eigenvalue weighted by Crippen LogP contribution is 2.36. The third kappa shape index (κ3) is 3.85. The molecular formula is C27H27N5O4. The Kier molecular flexibility index (Phi) is 5.56. The second-order valence-corrected chi connectivity index (χ2v) is 9.47. The van der Waals surface area contributed by atoms with Crippen LogP contribution >= 0.6 is 0 Å². The SMILES string of the molecule is Cn1cnc(-c2ccc3c(c2)CN([C@H]2CCC(=O)NC2=O)C3=O)c1-c1cccc(N2CCOCC2)c1. The van der Waals surface area contributed by atoms with E-state index < -0.39 is 11.9 Å². The molecule has 3 aromatic rings. The van der Waals surface area contributed by atoms with E-state index in [1.54, 1.807) is 11.2 Å². The van der Waals surface area contributed by atoms with Gasteiger partial charge in [-0.2, -0.15) is 0 Å². The van der Waals surface area contributed by atoms with Crippen molar-refractivity contribution in [2.24, 2.45) is 7.05 Å². The van der Waals surface area contributed by atoms with Gasteiger partial charge in [-0.15, -0.1) is 0 Å². The van der Waals surface area contributed by atoms with E-state index in [1.165, 1.54) is 0 Å². The lowest BCUT2D eigenvalue weighted by atomic mass is 10.00. The van der Waals surface area contributed by atoms with Crippen LogP contribution in [0.4, 0.5) is 5.69 Å². The standard InChI is InChI=1S/C27H27N5O4/c1-30-16-28-24(25(30)18-3-2-4-20(14-18)31-9-11-36-12-10-31)17-5-6-21-19(13-17)15-32(27(21)35)22-7-8-23(33)29-26(22)34/h2-6,13-14,16,22H,7-12,15H2,1H3,(H,29,33,34)/t22-/m0/s1. The Morgan fingerprint density at radius 3 is 2.67 bits per heavy atom. The van der Waals surface area contributed by atoms with Crippen LogP contribution in [0.1, 0.15) is 28.8 Å². The van der Waals surface area contributed by atoms with Gasteiger partial charge in [0.15, 0.2) is 0 Å². The number of amides is 3. The first-order valence-corrected chi connectivity index (χ1v) is 12.2. The molecule has 2 aromatic carbocycles. The van der Waals surface area contributed by atoms with Gasteiger partial charge in [0, 0.05) is 55.5 Å². The Morgan fingerprint density at radius 1 is 1.03 bits per heavy atom. The monoisotopic (exact) mass is 485 g/mol. The minimum absolute atomic E-state index is 0.175. The smallest absolute Gasteiger partial charge is 0.255 e. The maximum Gasteiger partial charge on any atom is 0.255 e. The Bertz CT molecular complexity index is 1370. The van der Waals surface area contributed by atoms with E-state index in [-0.39, 0.29) is 18.2 Å². The molecule has 3 aliphatic heterocycles. The van der Waals surface area contributed by atoms with Crippen molar-refractivity contribution in [1.29, 1.82) is 0 Å². The molecule has 3 aliphatic rings. The molecule has 0 spiro atoms. The number of rotatable bonds is 4. The molecular weight excluding hydrogens is 458 g/mol. The molecule has 1 atom stereocenters. The van der Waals surface area contributed by atoms with Crippen LogP contribution in [0.15, 0.2) is 48.8 Å². The molecule has 6 rings (SSSR count). The van der Waals surface area contributed by atoms with Crippen LogP contribution in [0.2, 0.25) is 0 Å². The number of ether oxygens (including phenoxy) is 1. The lowest BCUT2D eigenvalue weighted by molar-refractivity contribution is -0.136. The van der Waals surface area contributed by atoms with Crippen molar-refractivity contribution in [3.63, 3.8) is 0 Å². The van der Waals surface area contributed by atoms with Gasteiger partial charge in [0.1, 0.15) is 6.04 Å². The number of benzene rings is 2. The minimum Gasteiger partial charge on any atom is -0.378 e. The second kappa shape index (κ2) is 8.91. The van der Waals surface area contributed by atoms with Gasteiger partial charge < -0.3 is 19.1 Å². The van der Waals surface area contributed by atoms with Crippen molar-refractivity contribution < 1.29 is 19.1 Å². The van der Waals surface area contributed by atoms with Crippen LogP contribution in [-0.2, 0) is 27.9 Å². The van der Waals surface area contributed by atoms with Gasteiger partial charge in [-0.25, -0.2) is 4.98 Å². The molecule has 2 saturated heterocycles. The van der Waals surface area contributed by atoms with E-state index in [0.717, 1.165) is 60.1 Å². The number of nitrogens with one attached hydrogen (secondary N) is 1. The Balaban J connectivity index is 1.31. The minimum atomic E-state index is -0.626. The first kappa shape index (κ1) is 22.5. The normalized spacial score (nSPS) is 20.0. The van der Waals surface area contributed by atoms with Gasteiger partial charge in [-0.3, -0.25) is 19.7 Å². The molecule has 0 radical (unpaired) electrons. The van der Waals surface area contributed by atoms with Gasteiger partial charge in [-0.1, -0.05) is 18.2 Å². The number of aromatic nitrogens is 2. The van der Waals surface area contributed by atoms with Crippen molar-refractivity contribution in [3.8, 4) is 22.5 Å². The molecule has 0 bridgehead atoms. The molecule has 1 N–H and O–H groups in total. The highest BCUT2D eigenvalue weighted by Gasteiger charge is 2.39. The number of carbonyl (C=O) groups excluding carboxylic acids is 3. The van der Waals surface area contributed by atoms with E-state index in [1.807, 2.05) is 29.8 Å². The Labute approximate surface area is 208 Å². The molecule has 0 aliphatic carbocycles. The summed E-state index contributed by atoms with van der Waals surface area (Å²) < 4.78 is 7.52. The first-order valence-electron chi connectivity index (χ1n) is 12.2. The van der Waals surface area contributed by atoms with Gasteiger partial charge in [0.05, 0.1) is 30.9 Å². The molecule has 9 nitrogen and oxygen atoms in total. The highest BCUT2D eigenvalue weighted by atomic mass is 16.5. The van der Waals surface area contributed by atoms with E-state index in [4.69, 9.17) is 9.72 Å². The molecule has 36 heavy (non-hydrogen) atoms. The molecule has 0 saturated carbocycles. The van der Waals surface area contributed by atoms with Crippen molar-refractivity contribution in [3.05, 3.63) is 59.9 Å². The summed E-state index contributed by atoms with van der Waals surface area (Å²) in [5.41, 5.74) is 6.43. The van der Waals surface area contributed by atoms with E-state index in [2.05, 4.69) is 34.5 Å². The van der Waals surface area contributed by atoms with Crippen LogP contribution < -0.4 is 10.2 Å². The quantitative estimate of drug-likeness (QED) is 0.570.